The number of nitrogens with zero attached hydrogens (tertiary/aromatic N) is 2. The van der Waals surface area contributed by atoms with Crippen LogP contribution in [0.5, 0.6) is 0 Å². The fraction of sp³-hybridized carbons (Fsp3) is 0.333. The lowest BCUT2D eigenvalue weighted by molar-refractivity contribution is 0.867. The summed E-state index contributed by atoms with van der Waals surface area (Å²) in [7, 11) is 0. The second-order valence-electron chi connectivity index (χ2n) is 4.09. The van der Waals surface area contributed by atoms with Crippen LogP contribution in [-0.4, -0.2) is 9.97 Å². The molecule has 3 heteroatoms. The predicted octanol–water partition coefficient (Wildman–Crippen LogP) is 2.64. The van der Waals surface area contributed by atoms with Gasteiger partial charge in [-0.1, -0.05) is 19.9 Å². The molecule has 0 radical (unpaired) electrons. The van der Waals surface area contributed by atoms with E-state index in [4.69, 9.17) is 5.73 Å². The fourth-order valence-electron chi connectivity index (χ4n) is 1.65. The van der Waals surface area contributed by atoms with E-state index in [0.29, 0.717) is 11.7 Å². The summed E-state index contributed by atoms with van der Waals surface area (Å²) in [6.45, 7) is 6.19. The van der Waals surface area contributed by atoms with Crippen molar-refractivity contribution in [2.75, 3.05) is 5.73 Å². The Kier molecular flexibility index (Phi) is 2.31. The average molecular weight is 201 g/mol. The van der Waals surface area contributed by atoms with Gasteiger partial charge in [-0.15, -0.1) is 0 Å². The molecule has 0 aliphatic rings. The minimum atomic E-state index is 0.505. The summed E-state index contributed by atoms with van der Waals surface area (Å²) in [5.74, 6) is 1.79. The van der Waals surface area contributed by atoms with Crippen molar-refractivity contribution in [2.45, 2.75) is 26.7 Å². The minimum Gasteiger partial charge on any atom is -0.383 e. The highest BCUT2D eigenvalue weighted by atomic mass is 14.9. The molecule has 1 aromatic carbocycles. The molecule has 0 atom stereocenters. The first-order valence-electron chi connectivity index (χ1n) is 5.11. The van der Waals surface area contributed by atoms with Crippen molar-refractivity contribution in [2.24, 2.45) is 0 Å². The van der Waals surface area contributed by atoms with Gasteiger partial charge < -0.3 is 5.73 Å². The van der Waals surface area contributed by atoms with Crippen LogP contribution in [0.4, 0.5) is 5.82 Å². The zero-order chi connectivity index (χ0) is 11.0. The molecular weight excluding hydrogens is 186 g/mol. The lowest BCUT2D eigenvalue weighted by Gasteiger charge is -2.07. The maximum Gasteiger partial charge on any atom is 0.135 e. The van der Waals surface area contributed by atoms with Crippen LogP contribution in [0.15, 0.2) is 18.2 Å². The van der Waals surface area contributed by atoms with Crippen LogP contribution in [0.3, 0.4) is 0 Å². The largest absolute Gasteiger partial charge is 0.383 e. The van der Waals surface area contributed by atoms with E-state index < -0.39 is 0 Å². The van der Waals surface area contributed by atoms with Crippen molar-refractivity contribution in [1.82, 2.24) is 9.97 Å². The Morgan fingerprint density at radius 1 is 1.20 bits per heavy atom. The maximum atomic E-state index is 5.83. The number of fused-ring (bicyclic) bond motifs is 1. The highest BCUT2D eigenvalue weighted by Crippen LogP contribution is 2.22. The van der Waals surface area contributed by atoms with Crippen LogP contribution in [0, 0.1) is 6.92 Å². The summed E-state index contributed by atoms with van der Waals surface area (Å²) in [6, 6.07) is 6.17. The average Bonchev–Trinajstić information content (AvgIpc) is 2.16. The third kappa shape index (κ3) is 1.77. The smallest absolute Gasteiger partial charge is 0.135 e. The number of hydrogen-bond acceptors (Lipinski definition) is 3. The molecule has 15 heavy (non-hydrogen) atoms. The number of hydrogen-bond donors (Lipinski definition) is 1. The van der Waals surface area contributed by atoms with E-state index in [1.807, 2.05) is 13.0 Å². The SMILES string of the molecule is Cc1nc(N)c2ccc(C(C)C)cc2n1. The Balaban J connectivity index is 2.71. The standard InChI is InChI=1S/C12H15N3/c1-7(2)9-4-5-10-11(6-9)14-8(3)15-12(10)13/h4-7H,1-3H3,(H2,13,14,15). The molecule has 2 rings (SSSR count). The van der Waals surface area contributed by atoms with Crippen LogP contribution in [0.2, 0.25) is 0 Å². The summed E-state index contributed by atoms with van der Waals surface area (Å²) in [4.78, 5) is 8.53. The zero-order valence-corrected chi connectivity index (χ0v) is 9.28. The van der Waals surface area contributed by atoms with E-state index in [-0.39, 0.29) is 0 Å². The van der Waals surface area contributed by atoms with Crippen molar-refractivity contribution >= 4 is 16.7 Å². The highest BCUT2D eigenvalue weighted by Gasteiger charge is 2.05. The first-order chi connectivity index (χ1) is 7.08. The molecule has 1 aromatic heterocycles. The highest BCUT2D eigenvalue weighted by molar-refractivity contribution is 5.88. The molecule has 0 aliphatic carbocycles. The van der Waals surface area contributed by atoms with Crippen LogP contribution in [0.25, 0.3) is 10.9 Å². The van der Waals surface area contributed by atoms with Crippen LogP contribution < -0.4 is 5.73 Å². The third-order valence-electron chi connectivity index (χ3n) is 2.53. The Labute approximate surface area is 89.4 Å². The number of aromatic nitrogens is 2. The quantitative estimate of drug-likeness (QED) is 0.771. The molecule has 3 nitrogen and oxygen atoms in total. The summed E-state index contributed by atoms with van der Waals surface area (Å²) < 4.78 is 0. The normalized spacial score (nSPS) is 11.2. The number of aryl methyl sites for hydroxylation is 1. The predicted molar refractivity (Wildman–Crippen MR) is 62.8 cm³/mol. The second-order valence-corrected chi connectivity index (χ2v) is 4.09. The van der Waals surface area contributed by atoms with Gasteiger partial charge >= 0.3 is 0 Å². The van der Waals surface area contributed by atoms with Gasteiger partial charge in [0.15, 0.2) is 0 Å². The molecule has 0 amide bonds. The van der Waals surface area contributed by atoms with Crippen molar-refractivity contribution in [3.05, 3.63) is 29.6 Å². The van der Waals surface area contributed by atoms with E-state index in [2.05, 4.69) is 35.9 Å². The lowest BCUT2D eigenvalue weighted by atomic mass is 10.0. The monoisotopic (exact) mass is 201 g/mol. The molecule has 2 aromatic rings. The second kappa shape index (κ2) is 3.50. The molecule has 78 valence electrons. The summed E-state index contributed by atoms with van der Waals surface area (Å²) in [5, 5.41) is 0.935. The van der Waals surface area contributed by atoms with Crippen LogP contribution in [-0.2, 0) is 0 Å². The Morgan fingerprint density at radius 2 is 1.93 bits per heavy atom. The molecule has 0 fully saturated rings. The Morgan fingerprint density at radius 3 is 2.60 bits per heavy atom. The van der Waals surface area contributed by atoms with E-state index >= 15 is 0 Å². The molecule has 0 unspecified atom stereocenters. The maximum absolute atomic E-state index is 5.83. The number of anilines is 1. The molecule has 0 aliphatic heterocycles. The molecule has 1 heterocycles. The summed E-state index contributed by atoms with van der Waals surface area (Å²) in [6.07, 6.45) is 0. The molecule has 0 saturated carbocycles. The molecule has 0 bridgehead atoms. The lowest BCUT2D eigenvalue weighted by Crippen LogP contribution is -1.98. The van der Waals surface area contributed by atoms with E-state index in [9.17, 15) is 0 Å². The van der Waals surface area contributed by atoms with Crippen LogP contribution >= 0.6 is 0 Å². The van der Waals surface area contributed by atoms with Gasteiger partial charge in [-0.25, -0.2) is 9.97 Å². The van der Waals surface area contributed by atoms with Crippen molar-refractivity contribution < 1.29 is 0 Å². The first kappa shape index (κ1) is 9.90. The van der Waals surface area contributed by atoms with E-state index in [1.54, 1.807) is 0 Å². The van der Waals surface area contributed by atoms with E-state index in [1.165, 1.54) is 5.56 Å². The zero-order valence-electron chi connectivity index (χ0n) is 9.28. The van der Waals surface area contributed by atoms with Gasteiger partial charge in [-0.05, 0) is 30.5 Å². The Bertz CT molecular complexity index is 503. The fourth-order valence-corrected chi connectivity index (χ4v) is 1.65. The summed E-state index contributed by atoms with van der Waals surface area (Å²) in [5.41, 5.74) is 8.05. The van der Waals surface area contributed by atoms with Gasteiger partial charge in [0.2, 0.25) is 0 Å². The van der Waals surface area contributed by atoms with Crippen molar-refractivity contribution in [3.8, 4) is 0 Å². The number of nitrogens with two attached hydrogens (primary N) is 1. The van der Waals surface area contributed by atoms with Gasteiger partial charge in [0.05, 0.1) is 5.52 Å². The number of nitrogen functional groups attached to an aromatic ring is 1. The molecular formula is C12H15N3. The van der Waals surface area contributed by atoms with Gasteiger partial charge in [-0.2, -0.15) is 0 Å². The molecule has 0 spiro atoms. The van der Waals surface area contributed by atoms with Crippen molar-refractivity contribution in [3.63, 3.8) is 0 Å². The number of rotatable bonds is 1. The molecule has 2 N–H and O–H groups in total. The third-order valence-corrected chi connectivity index (χ3v) is 2.53. The van der Waals surface area contributed by atoms with Gasteiger partial charge in [0.25, 0.3) is 0 Å². The minimum absolute atomic E-state index is 0.505. The molecule has 0 saturated heterocycles. The van der Waals surface area contributed by atoms with E-state index in [0.717, 1.165) is 16.7 Å². The van der Waals surface area contributed by atoms with Gasteiger partial charge in [0.1, 0.15) is 11.6 Å². The Hall–Kier alpha value is -1.64. The van der Waals surface area contributed by atoms with Gasteiger partial charge in [-0.3, -0.25) is 0 Å². The van der Waals surface area contributed by atoms with Crippen molar-refractivity contribution in [1.29, 1.82) is 0 Å². The topological polar surface area (TPSA) is 51.8 Å². The first-order valence-corrected chi connectivity index (χ1v) is 5.11. The van der Waals surface area contributed by atoms with Crippen LogP contribution in [0.1, 0.15) is 31.2 Å². The van der Waals surface area contributed by atoms with Gasteiger partial charge in [0, 0.05) is 5.39 Å². The number of benzene rings is 1. The summed E-state index contributed by atoms with van der Waals surface area (Å²) >= 11 is 0.